The highest BCUT2D eigenvalue weighted by Crippen LogP contribution is 2.16. The monoisotopic (exact) mass is 247 g/mol. The molecule has 1 unspecified atom stereocenters. The predicted octanol–water partition coefficient (Wildman–Crippen LogP) is 1.67. The zero-order valence-electron chi connectivity index (χ0n) is 11.6. The van der Waals surface area contributed by atoms with Crippen LogP contribution in [0.4, 0.5) is 0 Å². The molecule has 3 nitrogen and oxygen atoms in total. The average Bonchev–Trinajstić information content (AvgIpc) is 2.41. The molecule has 0 saturated carbocycles. The second-order valence-corrected chi connectivity index (χ2v) is 5.25. The normalized spacial score (nSPS) is 22.3. The second kappa shape index (κ2) is 6.32. The van der Waals surface area contributed by atoms with Crippen molar-refractivity contribution in [1.29, 1.82) is 0 Å². The smallest absolute Gasteiger partial charge is 0.0238 e. The van der Waals surface area contributed by atoms with Crippen LogP contribution in [0.1, 0.15) is 24.5 Å². The van der Waals surface area contributed by atoms with Gasteiger partial charge in [0.1, 0.15) is 0 Å². The van der Waals surface area contributed by atoms with Crippen molar-refractivity contribution in [2.75, 3.05) is 26.7 Å². The standard InChI is InChI=1S/C15H25N3/c1-3-15-12-18(9-8-17(15)2)11-14-7-5-4-6-13(14)10-16/h4-7,15H,3,8-12,16H2,1-2H3. The SMILES string of the molecule is CCC1CN(Cc2ccccc2CN)CCN1C. The van der Waals surface area contributed by atoms with Crippen molar-refractivity contribution in [3.63, 3.8) is 0 Å². The Morgan fingerprint density at radius 1 is 1.22 bits per heavy atom. The van der Waals surface area contributed by atoms with E-state index < -0.39 is 0 Å². The molecule has 2 N–H and O–H groups in total. The largest absolute Gasteiger partial charge is 0.326 e. The number of benzene rings is 1. The summed E-state index contributed by atoms with van der Waals surface area (Å²) in [6.07, 6.45) is 1.23. The molecule has 1 aromatic carbocycles. The van der Waals surface area contributed by atoms with Crippen molar-refractivity contribution in [1.82, 2.24) is 9.80 Å². The van der Waals surface area contributed by atoms with Crippen LogP contribution in [0.25, 0.3) is 0 Å². The van der Waals surface area contributed by atoms with E-state index in [4.69, 9.17) is 5.73 Å². The molecule has 0 amide bonds. The lowest BCUT2D eigenvalue weighted by Gasteiger charge is -2.39. The van der Waals surface area contributed by atoms with E-state index in [1.54, 1.807) is 0 Å². The van der Waals surface area contributed by atoms with Crippen LogP contribution in [0.3, 0.4) is 0 Å². The molecule has 0 radical (unpaired) electrons. The van der Waals surface area contributed by atoms with Gasteiger partial charge in [-0.1, -0.05) is 31.2 Å². The summed E-state index contributed by atoms with van der Waals surface area (Å²) in [6.45, 7) is 7.46. The summed E-state index contributed by atoms with van der Waals surface area (Å²) >= 11 is 0. The molecule has 0 aromatic heterocycles. The fourth-order valence-corrected chi connectivity index (χ4v) is 2.75. The molecule has 1 aliphatic rings. The van der Waals surface area contributed by atoms with Crippen LogP contribution in [0, 0.1) is 0 Å². The third-order valence-corrected chi connectivity index (χ3v) is 4.06. The minimum absolute atomic E-state index is 0.640. The van der Waals surface area contributed by atoms with E-state index in [0.29, 0.717) is 12.6 Å². The molecule has 0 bridgehead atoms. The van der Waals surface area contributed by atoms with E-state index in [0.717, 1.165) is 13.1 Å². The summed E-state index contributed by atoms with van der Waals surface area (Å²) in [5.41, 5.74) is 8.47. The predicted molar refractivity (Wildman–Crippen MR) is 76.3 cm³/mol. The topological polar surface area (TPSA) is 32.5 Å². The van der Waals surface area contributed by atoms with E-state index in [1.165, 1.54) is 30.6 Å². The van der Waals surface area contributed by atoms with Gasteiger partial charge in [-0.2, -0.15) is 0 Å². The molecule has 1 atom stereocenters. The van der Waals surface area contributed by atoms with Gasteiger partial charge in [0.15, 0.2) is 0 Å². The highest BCUT2D eigenvalue weighted by molar-refractivity contribution is 5.26. The Bertz CT molecular complexity index is 378. The molecule has 1 aromatic rings. The van der Waals surface area contributed by atoms with E-state index >= 15 is 0 Å². The van der Waals surface area contributed by atoms with Gasteiger partial charge in [-0.05, 0) is 24.6 Å². The van der Waals surface area contributed by atoms with E-state index in [2.05, 4.69) is 48.0 Å². The lowest BCUT2D eigenvalue weighted by Crippen LogP contribution is -2.50. The molecule has 1 fully saturated rings. The average molecular weight is 247 g/mol. The third-order valence-electron chi connectivity index (χ3n) is 4.06. The van der Waals surface area contributed by atoms with Crippen molar-refractivity contribution >= 4 is 0 Å². The maximum atomic E-state index is 5.80. The first-order valence-electron chi connectivity index (χ1n) is 6.94. The van der Waals surface area contributed by atoms with Gasteiger partial charge in [0, 0.05) is 38.8 Å². The van der Waals surface area contributed by atoms with Crippen molar-refractivity contribution in [2.45, 2.75) is 32.5 Å². The molecule has 18 heavy (non-hydrogen) atoms. The lowest BCUT2D eigenvalue weighted by atomic mass is 10.1. The first kappa shape index (κ1) is 13.5. The Hall–Kier alpha value is -0.900. The highest BCUT2D eigenvalue weighted by Gasteiger charge is 2.22. The maximum Gasteiger partial charge on any atom is 0.0238 e. The van der Waals surface area contributed by atoms with E-state index in [9.17, 15) is 0 Å². The maximum absolute atomic E-state index is 5.80. The van der Waals surface area contributed by atoms with Crippen LogP contribution in [0.2, 0.25) is 0 Å². The molecule has 3 heteroatoms. The van der Waals surface area contributed by atoms with Crippen LogP contribution >= 0.6 is 0 Å². The van der Waals surface area contributed by atoms with Crippen LogP contribution < -0.4 is 5.73 Å². The van der Waals surface area contributed by atoms with Crippen LogP contribution in [-0.2, 0) is 13.1 Å². The number of hydrogen-bond donors (Lipinski definition) is 1. The minimum Gasteiger partial charge on any atom is -0.326 e. The summed E-state index contributed by atoms with van der Waals surface area (Å²) in [7, 11) is 2.24. The summed E-state index contributed by atoms with van der Waals surface area (Å²) in [4.78, 5) is 5.04. The number of nitrogens with zero attached hydrogens (tertiary/aromatic N) is 2. The van der Waals surface area contributed by atoms with Crippen molar-refractivity contribution in [2.24, 2.45) is 5.73 Å². The Labute approximate surface area is 111 Å². The highest BCUT2D eigenvalue weighted by atomic mass is 15.3. The van der Waals surface area contributed by atoms with Crippen molar-refractivity contribution < 1.29 is 0 Å². The molecule has 2 rings (SSSR count). The Kier molecular flexibility index (Phi) is 4.75. The zero-order valence-corrected chi connectivity index (χ0v) is 11.6. The van der Waals surface area contributed by atoms with Crippen molar-refractivity contribution in [3.8, 4) is 0 Å². The molecule has 0 spiro atoms. The molecular weight excluding hydrogens is 222 g/mol. The van der Waals surface area contributed by atoms with Crippen LogP contribution in [0.5, 0.6) is 0 Å². The third kappa shape index (κ3) is 3.10. The molecule has 1 aliphatic heterocycles. The number of nitrogens with two attached hydrogens (primary N) is 1. The molecule has 1 heterocycles. The number of piperazine rings is 1. The Morgan fingerprint density at radius 2 is 1.94 bits per heavy atom. The summed E-state index contributed by atoms with van der Waals surface area (Å²) in [5, 5.41) is 0. The van der Waals surface area contributed by atoms with Gasteiger partial charge in [-0.3, -0.25) is 4.90 Å². The molecular formula is C15H25N3. The summed E-state index contributed by atoms with van der Waals surface area (Å²) < 4.78 is 0. The second-order valence-electron chi connectivity index (χ2n) is 5.25. The summed E-state index contributed by atoms with van der Waals surface area (Å²) in [5.74, 6) is 0. The van der Waals surface area contributed by atoms with Gasteiger partial charge in [-0.15, -0.1) is 0 Å². The van der Waals surface area contributed by atoms with Crippen molar-refractivity contribution in [3.05, 3.63) is 35.4 Å². The van der Waals surface area contributed by atoms with Crippen LogP contribution in [-0.4, -0.2) is 42.5 Å². The number of likely N-dealkylation sites (N-methyl/N-ethyl adjacent to an activating group) is 1. The molecule has 100 valence electrons. The van der Waals surface area contributed by atoms with E-state index in [-0.39, 0.29) is 0 Å². The van der Waals surface area contributed by atoms with Crippen LogP contribution in [0.15, 0.2) is 24.3 Å². The first-order valence-corrected chi connectivity index (χ1v) is 6.94. The Balaban J connectivity index is 2.01. The summed E-state index contributed by atoms with van der Waals surface area (Å²) in [6, 6.07) is 9.24. The fraction of sp³-hybridized carbons (Fsp3) is 0.600. The van der Waals surface area contributed by atoms with Gasteiger partial charge in [0.05, 0.1) is 0 Å². The Morgan fingerprint density at radius 3 is 2.61 bits per heavy atom. The fourth-order valence-electron chi connectivity index (χ4n) is 2.75. The van der Waals surface area contributed by atoms with Gasteiger partial charge in [-0.25, -0.2) is 0 Å². The molecule has 0 aliphatic carbocycles. The first-order chi connectivity index (χ1) is 8.74. The van der Waals surface area contributed by atoms with Gasteiger partial charge in [0.25, 0.3) is 0 Å². The van der Waals surface area contributed by atoms with E-state index in [1.807, 2.05) is 0 Å². The van der Waals surface area contributed by atoms with Gasteiger partial charge in [0.2, 0.25) is 0 Å². The number of rotatable bonds is 4. The minimum atomic E-state index is 0.640. The molecule has 1 saturated heterocycles. The lowest BCUT2D eigenvalue weighted by molar-refractivity contribution is 0.0882. The quantitative estimate of drug-likeness (QED) is 0.878. The van der Waals surface area contributed by atoms with Gasteiger partial charge < -0.3 is 10.6 Å². The zero-order chi connectivity index (χ0) is 13.0. The van der Waals surface area contributed by atoms with Gasteiger partial charge >= 0.3 is 0 Å². The number of hydrogen-bond acceptors (Lipinski definition) is 3.